The minimum absolute atomic E-state index is 0.00913. The summed E-state index contributed by atoms with van der Waals surface area (Å²) in [7, 11) is 0. The van der Waals surface area contributed by atoms with Gasteiger partial charge in [-0.25, -0.2) is 4.98 Å². The van der Waals surface area contributed by atoms with Gasteiger partial charge in [0, 0.05) is 6.42 Å². The molecule has 0 saturated heterocycles. The highest BCUT2D eigenvalue weighted by atomic mass is 16.4. The highest BCUT2D eigenvalue weighted by Gasteiger charge is 2.12. The lowest BCUT2D eigenvalue weighted by Crippen LogP contribution is -2.24. The first-order chi connectivity index (χ1) is 9.56. The number of hydrogen-bond donors (Lipinski definition) is 1. The van der Waals surface area contributed by atoms with E-state index >= 15 is 0 Å². The van der Waals surface area contributed by atoms with Gasteiger partial charge < -0.3 is 9.73 Å². The number of oxazole rings is 1. The van der Waals surface area contributed by atoms with E-state index in [-0.39, 0.29) is 11.8 Å². The summed E-state index contributed by atoms with van der Waals surface area (Å²) in [6.45, 7) is 6.15. The molecule has 106 valence electrons. The predicted molar refractivity (Wildman–Crippen MR) is 77.3 cm³/mol. The number of carbonyl (C=O) groups is 1. The van der Waals surface area contributed by atoms with Crippen molar-refractivity contribution >= 4 is 5.91 Å². The summed E-state index contributed by atoms with van der Waals surface area (Å²) in [5.74, 6) is 1.56. The second-order valence-electron chi connectivity index (χ2n) is 5.04. The van der Waals surface area contributed by atoms with Crippen molar-refractivity contribution in [3.05, 3.63) is 53.2 Å². The van der Waals surface area contributed by atoms with Gasteiger partial charge in [0.25, 0.3) is 0 Å². The number of hydrogen-bond acceptors (Lipinski definition) is 3. The van der Waals surface area contributed by atoms with Gasteiger partial charge in [-0.05, 0) is 25.3 Å². The van der Waals surface area contributed by atoms with Crippen LogP contribution >= 0.6 is 0 Å². The molecule has 0 aliphatic heterocycles. The fraction of sp³-hybridized carbons (Fsp3) is 0.375. The molecule has 2 rings (SSSR count). The number of amides is 1. The van der Waals surface area contributed by atoms with Crippen molar-refractivity contribution in [1.29, 1.82) is 0 Å². The zero-order valence-electron chi connectivity index (χ0n) is 12.1. The smallest absolute Gasteiger partial charge is 0.221 e. The minimum Gasteiger partial charge on any atom is -0.444 e. The van der Waals surface area contributed by atoms with Crippen molar-refractivity contribution in [3.8, 4) is 0 Å². The number of aromatic nitrogens is 1. The minimum atomic E-state index is 0.00913. The lowest BCUT2D eigenvalue weighted by molar-refractivity contribution is -0.121. The van der Waals surface area contributed by atoms with E-state index in [2.05, 4.69) is 10.3 Å². The van der Waals surface area contributed by atoms with E-state index in [0.29, 0.717) is 18.9 Å². The maximum Gasteiger partial charge on any atom is 0.221 e. The third-order valence-corrected chi connectivity index (χ3v) is 3.37. The topological polar surface area (TPSA) is 55.1 Å². The van der Waals surface area contributed by atoms with E-state index in [9.17, 15) is 4.79 Å². The van der Waals surface area contributed by atoms with Crippen LogP contribution in [0, 0.1) is 13.8 Å². The monoisotopic (exact) mass is 272 g/mol. The molecule has 1 aromatic heterocycles. The van der Waals surface area contributed by atoms with E-state index in [1.165, 1.54) is 5.56 Å². The largest absolute Gasteiger partial charge is 0.444 e. The van der Waals surface area contributed by atoms with Crippen LogP contribution in [0.25, 0.3) is 0 Å². The molecular formula is C16H20N2O2. The Morgan fingerprint density at radius 2 is 2.00 bits per heavy atom. The highest BCUT2D eigenvalue weighted by molar-refractivity contribution is 5.76. The maximum absolute atomic E-state index is 11.9. The third-order valence-electron chi connectivity index (χ3n) is 3.37. The van der Waals surface area contributed by atoms with E-state index in [1.807, 2.05) is 51.1 Å². The summed E-state index contributed by atoms with van der Waals surface area (Å²) in [5.41, 5.74) is 2.04. The van der Waals surface area contributed by atoms with Gasteiger partial charge in [-0.1, -0.05) is 37.3 Å². The Labute approximate surface area is 119 Å². The van der Waals surface area contributed by atoms with E-state index in [1.54, 1.807) is 0 Å². The summed E-state index contributed by atoms with van der Waals surface area (Å²) in [6, 6.07) is 10.0. The van der Waals surface area contributed by atoms with Gasteiger partial charge in [-0.15, -0.1) is 0 Å². The number of aryl methyl sites for hydroxylation is 2. The van der Waals surface area contributed by atoms with Crippen LogP contribution in [0.15, 0.2) is 34.7 Å². The molecule has 2 aromatic rings. The Morgan fingerprint density at radius 3 is 2.60 bits per heavy atom. The molecule has 0 aliphatic rings. The molecule has 1 heterocycles. The SMILES string of the molecule is Cc1nc(CNC(=O)CC(C)c2ccccc2)oc1C. The van der Waals surface area contributed by atoms with Gasteiger partial charge in [-0.3, -0.25) is 4.79 Å². The van der Waals surface area contributed by atoms with E-state index < -0.39 is 0 Å². The van der Waals surface area contributed by atoms with Crippen molar-refractivity contribution in [1.82, 2.24) is 10.3 Å². The Kier molecular flexibility index (Phi) is 4.56. The van der Waals surface area contributed by atoms with Gasteiger partial charge in [0.2, 0.25) is 11.8 Å². The molecule has 4 nitrogen and oxygen atoms in total. The Morgan fingerprint density at radius 1 is 1.30 bits per heavy atom. The van der Waals surface area contributed by atoms with Crippen molar-refractivity contribution < 1.29 is 9.21 Å². The summed E-state index contributed by atoms with van der Waals surface area (Å²) in [5, 5.41) is 2.84. The average Bonchev–Trinajstić information content (AvgIpc) is 2.76. The Hall–Kier alpha value is -2.10. The average molecular weight is 272 g/mol. The lowest BCUT2D eigenvalue weighted by atomic mass is 9.98. The number of nitrogens with one attached hydrogen (secondary N) is 1. The van der Waals surface area contributed by atoms with Gasteiger partial charge in [-0.2, -0.15) is 0 Å². The molecule has 0 radical (unpaired) electrons. The lowest BCUT2D eigenvalue weighted by Gasteiger charge is -2.11. The normalized spacial score (nSPS) is 12.2. The Balaban J connectivity index is 1.84. The van der Waals surface area contributed by atoms with Crippen LogP contribution < -0.4 is 5.32 Å². The zero-order chi connectivity index (χ0) is 14.5. The second kappa shape index (κ2) is 6.37. The number of benzene rings is 1. The molecule has 0 saturated carbocycles. The molecule has 4 heteroatoms. The first-order valence-electron chi connectivity index (χ1n) is 6.81. The molecule has 1 amide bonds. The van der Waals surface area contributed by atoms with Gasteiger partial charge >= 0.3 is 0 Å². The fourth-order valence-electron chi connectivity index (χ4n) is 2.04. The molecule has 0 bridgehead atoms. The Bertz CT molecular complexity index is 556. The molecule has 1 aromatic carbocycles. The van der Waals surface area contributed by atoms with Crippen molar-refractivity contribution in [2.45, 2.75) is 39.7 Å². The summed E-state index contributed by atoms with van der Waals surface area (Å²) >= 11 is 0. The predicted octanol–water partition coefficient (Wildman–Crippen LogP) is 3.10. The molecule has 1 unspecified atom stereocenters. The first kappa shape index (κ1) is 14.3. The van der Waals surface area contributed by atoms with Crippen LogP contribution in [0.2, 0.25) is 0 Å². The quantitative estimate of drug-likeness (QED) is 0.910. The summed E-state index contributed by atoms with van der Waals surface area (Å²) < 4.78 is 5.43. The van der Waals surface area contributed by atoms with Crippen LogP contribution in [0.3, 0.4) is 0 Å². The number of rotatable bonds is 5. The van der Waals surface area contributed by atoms with Gasteiger partial charge in [0.15, 0.2) is 0 Å². The molecule has 1 atom stereocenters. The van der Waals surface area contributed by atoms with Crippen LogP contribution in [0.4, 0.5) is 0 Å². The van der Waals surface area contributed by atoms with Crippen LogP contribution in [-0.2, 0) is 11.3 Å². The molecule has 1 N–H and O–H groups in total. The zero-order valence-corrected chi connectivity index (χ0v) is 12.1. The van der Waals surface area contributed by atoms with Crippen molar-refractivity contribution in [2.75, 3.05) is 0 Å². The molecule has 0 fully saturated rings. The molecule has 20 heavy (non-hydrogen) atoms. The third kappa shape index (κ3) is 3.70. The van der Waals surface area contributed by atoms with E-state index in [0.717, 1.165) is 11.5 Å². The molecule has 0 spiro atoms. The molecular weight excluding hydrogens is 252 g/mol. The highest BCUT2D eigenvalue weighted by Crippen LogP contribution is 2.18. The maximum atomic E-state index is 11.9. The summed E-state index contributed by atoms with van der Waals surface area (Å²) in [6.07, 6.45) is 0.461. The standard InChI is InChI=1S/C16H20N2O2/c1-11(14-7-5-4-6-8-14)9-15(19)17-10-16-18-12(2)13(3)20-16/h4-8,11H,9-10H2,1-3H3,(H,17,19). The van der Waals surface area contributed by atoms with E-state index in [4.69, 9.17) is 4.42 Å². The van der Waals surface area contributed by atoms with Gasteiger partial charge in [0.1, 0.15) is 5.76 Å². The first-order valence-corrected chi connectivity index (χ1v) is 6.81. The fourth-order valence-corrected chi connectivity index (χ4v) is 2.04. The van der Waals surface area contributed by atoms with Crippen molar-refractivity contribution in [2.24, 2.45) is 0 Å². The number of nitrogens with zero attached hydrogens (tertiary/aromatic N) is 1. The van der Waals surface area contributed by atoms with Crippen LogP contribution in [0.1, 0.15) is 42.2 Å². The summed E-state index contributed by atoms with van der Waals surface area (Å²) in [4.78, 5) is 16.1. The van der Waals surface area contributed by atoms with Crippen LogP contribution in [-0.4, -0.2) is 10.9 Å². The molecule has 0 aliphatic carbocycles. The number of carbonyl (C=O) groups excluding carboxylic acids is 1. The second-order valence-corrected chi connectivity index (χ2v) is 5.04. The van der Waals surface area contributed by atoms with Gasteiger partial charge in [0.05, 0.1) is 12.2 Å². The van der Waals surface area contributed by atoms with Crippen molar-refractivity contribution in [3.63, 3.8) is 0 Å². The van der Waals surface area contributed by atoms with Crippen LogP contribution in [0.5, 0.6) is 0 Å².